The summed E-state index contributed by atoms with van der Waals surface area (Å²) < 4.78 is 20.0. The third kappa shape index (κ3) is 4.00. The SMILES string of the molecule is Fc1ccc(Nc2ncnc3ccc(N4CCNCC4)nc23)c(OC2CCCC2)c1. The Morgan fingerprint density at radius 1 is 1.07 bits per heavy atom. The second-order valence-corrected chi connectivity index (χ2v) is 7.79. The normalized spacial score (nSPS) is 17.4. The highest BCUT2D eigenvalue weighted by Crippen LogP contribution is 2.33. The largest absolute Gasteiger partial charge is 0.488 e. The summed E-state index contributed by atoms with van der Waals surface area (Å²) in [5.74, 6) is 1.68. The monoisotopic (exact) mass is 408 g/mol. The van der Waals surface area contributed by atoms with Gasteiger partial charge in [-0.25, -0.2) is 19.3 Å². The van der Waals surface area contributed by atoms with Crippen molar-refractivity contribution >= 4 is 28.4 Å². The summed E-state index contributed by atoms with van der Waals surface area (Å²) in [6.45, 7) is 3.69. The lowest BCUT2D eigenvalue weighted by molar-refractivity contribution is 0.210. The van der Waals surface area contributed by atoms with E-state index >= 15 is 0 Å². The van der Waals surface area contributed by atoms with Crippen LogP contribution in [0.15, 0.2) is 36.7 Å². The number of ether oxygens (including phenoxy) is 1. The first-order valence-corrected chi connectivity index (χ1v) is 10.6. The number of fused-ring (bicyclic) bond motifs is 1. The number of hydrogen-bond acceptors (Lipinski definition) is 7. The fourth-order valence-electron chi connectivity index (χ4n) is 4.10. The molecule has 3 heterocycles. The Morgan fingerprint density at radius 2 is 1.90 bits per heavy atom. The van der Waals surface area contributed by atoms with Gasteiger partial charge in [0.2, 0.25) is 0 Å². The van der Waals surface area contributed by atoms with E-state index in [0.717, 1.165) is 63.2 Å². The highest BCUT2D eigenvalue weighted by Gasteiger charge is 2.20. The van der Waals surface area contributed by atoms with Gasteiger partial charge in [-0.15, -0.1) is 0 Å². The number of rotatable bonds is 5. The van der Waals surface area contributed by atoms with Crippen molar-refractivity contribution < 1.29 is 9.13 Å². The number of pyridine rings is 1. The minimum absolute atomic E-state index is 0.131. The standard InChI is InChI=1S/C22H25FN6O/c23-15-5-6-17(19(13-15)30-16-3-1-2-4-16)27-22-21-18(25-14-26-22)7-8-20(28-21)29-11-9-24-10-12-29/h5-8,13-14,16,24H,1-4,9-12H2,(H,25,26,27). The molecule has 3 aromatic rings. The molecule has 0 unspecified atom stereocenters. The van der Waals surface area contributed by atoms with Gasteiger partial charge in [0.25, 0.3) is 0 Å². The molecule has 2 aliphatic rings. The van der Waals surface area contributed by atoms with E-state index in [1.165, 1.54) is 18.5 Å². The molecule has 1 aromatic carbocycles. The van der Waals surface area contributed by atoms with Crippen molar-refractivity contribution in [1.82, 2.24) is 20.3 Å². The molecule has 1 aliphatic heterocycles. The van der Waals surface area contributed by atoms with Crippen LogP contribution in [0.3, 0.4) is 0 Å². The molecular formula is C22H25FN6O. The van der Waals surface area contributed by atoms with Crippen molar-refractivity contribution in [3.63, 3.8) is 0 Å². The lowest BCUT2D eigenvalue weighted by atomic mass is 10.2. The molecule has 1 saturated heterocycles. The van der Waals surface area contributed by atoms with Crippen LogP contribution in [0.2, 0.25) is 0 Å². The summed E-state index contributed by atoms with van der Waals surface area (Å²) in [6.07, 6.45) is 5.95. The number of benzene rings is 1. The molecule has 30 heavy (non-hydrogen) atoms. The van der Waals surface area contributed by atoms with Crippen molar-refractivity contribution in [3.8, 4) is 5.75 Å². The first kappa shape index (κ1) is 19.0. The summed E-state index contributed by atoms with van der Waals surface area (Å²) in [5, 5.41) is 6.67. The molecule has 0 amide bonds. The molecular weight excluding hydrogens is 383 g/mol. The van der Waals surface area contributed by atoms with Crippen LogP contribution in [0, 0.1) is 5.82 Å². The number of aromatic nitrogens is 3. The van der Waals surface area contributed by atoms with E-state index in [1.54, 1.807) is 6.07 Å². The number of nitrogens with one attached hydrogen (secondary N) is 2. The zero-order valence-corrected chi connectivity index (χ0v) is 16.8. The molecule has 1 saturated carbocycles. The Morgan fingerprint density at radius 3 is 2.73 bits per heavy atom. The number of halogens is 1. The predicted molar refractivity (Wildman–Crippen MR) is 115 cm³/mol. The van der Waals surface area contributed by atoms with Gasteiger partial charge in [-0.05, 0) is 49.9 Å². The minimum Gasteiger partial charge on any atom is -0.488 e. The zero-order valence-electron chi connectivity index (χ0n) is 16.8. The Balaban J connectivity index is 1.47. The summed E-state index contributed by atoms with van der Waals surface area (Å²) in [4.78, 5) is 15.9. The van der Waals surface area contributed by atoms with Crippen molar-refractivity contribution in [2.24, 2.45) is 0 Å². The molecule has 0 atom stereocenters. The molecule has 2 fully saturated rings. The van der Waals surface area contributed by atoms with E-state index in [9.17, 15) is 4.39 Å². The summed E-state index contributed by atoms with van der Waals surface area (Å²) in [5.41, 5.74) is 2.12. The van der Waals surface area contributed by atoms with Gasteiger partial charge in [-0.2, -0.15) is 0 Å². The van der Waals surface area contributed by atoms with Crippen molar-refractivity contribution in [2.75, 3.05) is 36.4 Å². The number of piperazine rings is 1. The highest BCUT2D eigenvalue weighted by molar-refractivity contribution is 5.88. The first-order valence-electron chi connectivity index (χ1n) is 10.6. The lowest BCUT2D eigenvalue weighted by Crippen LogP contribution is -2.43. The van der Waals surface area contributed by atoms with Crippen LogP contribution >= 0.6 is 0 Å². The quantitative estimate of drug-likeness (QED) is 0.668. The van der Waals surface area contributed by atoms with E-state index in [-0.39, 0.29) is 11.9 Å². The molecule has 0 radical (unpaired) electrons. The van der Waals surface area contributed by atoms with Crippen LogP contribution < -0.4 is 20.3 Å². The van der Waals surface area contributed by atoms with E-state index in [2.05, 4.69) is 25.5 Å². The van der Waals surface area contributed by atoms with Crippen LogP contribution in [0.1, 0.15) is 25.7 Å². The molecule has 8 heteroatoms. The van der Waals surface area contributed by atoms with Gasteiger partial charge in [-0.1, -0.05) is 0 Å². The predicted octanol–water partition coefficient (Wildman–Crippen LogP) is 3.64. The van der Waals surface area contributed by atoms with Crippen molar-refractivity contribution in [3.05, 3.63) is 42.5 Å². The third-order valence-corrected chi connectivity index (χ3v) is 5.70. The minimum atomic E-state index is -0.319. The molecule has 5 rings (SSSR count). The molecule has 156 valence electrons. The van der Waals surface area contributed by atoms with Gasteiger partial charge in [0.15, 0.2) is 5.82 Å². The van der Waals surface area contributed by atoms with Crippen LogP contribution in [0.5, 0.6) is 5.75 Å². The fraction of sp³-hybridized carbons (Fsp3) is 0.409. The maximum Gasteiger partial charge on any atom is 0.160 e. The maximum atomic E-state index is 13.9. The molecule has 2 N–H and O–H groups in total. The third-order valence-electron chi connectivity index (χ3n) is 5.70. The van der Waals surface area contributed by atoms with Gasteiger partial charge < -0.3 is 20.3 Å². The second-order valence-electron chi connectivity index (χ2n) is 7.79. The molecule has 1 aliphatic carbocycles. The number of hydrogen-bond donors (Lipinski definition) is 2. The van der Waals surface area contributed by atoms with Gasteiger partial charge in [0.1, 0.15) is 29.2 Å². The average molecular weight is 408 g/mol. The zero-order chi connectivity index (χ0) is 20.3. The summed E-state index contributed by atoms with van der Waals surface area (Å²) in [7, 11) is 0. The van der Waals surface area contributed by atoms with Gasteiger partial charge in [0, 0.05) is 32.2 Å². The summed E-state index contributed by atoms with van der Waals surface area (Å²) in [6, 6.07) is 8.51. The van der Waals surface area contributed by atoms with Crippen LogP contribution in [0.4, 0.5) is 21.7 Å². The Bertz CT molecular complexity index is 1030. The molecule has 0 bridgehead atoms. The van der Waals surface area contributed by atoms with Crippen molar-refractivity contribution in [1.29, 1.82) is 0 Å². The van der Waals surface area contributed by atoms with E-state index in [4.69, 9.17) is 9.72 Å². The average Bonchev–Trinajstić information content (AvgIpc) is 3.29. The van der Waals surface area contributed by atoms with Crippen LogP contribution in [0.25, 0.3) is 11.0 Å². The Hall–Kier alpha value is -3.00. The fourth-order valence-corrected chi connectivity index (χ4v) is 4.10. The van der Waals surface area contributed by atoms with E-state index < -0.39 is 0 Å². The maximum absolute atomic E-state index is 13.9. The smallest absolute Gasteiger partial charge is 0.160 e. The van der Waals surface area contributed by atoms with Crippen LogP contribution in [-0.2, 0) is 0 Å². The Labute approximate surface area is 174 Å². The lowest BCUT2D eigenvalue weighted by Gasteiger charge is -2.28. The van der Waals surface area contributed by atoms with Gasteiger partial charge >= 0.3 is 0 Å². The second kappa shape index (κ2) is 8.39. The summed E-state index contributed by atoms with van der Waals surface area (Å²) >= 11 is 0. The number of anilines is 3. The Kier molecular flexibility index (Phi) is 5.31. The molecule has 7 nitrogen and oxygen atoms in total. The van der Waals surface area contributed by atoms with E-state index in [0.29, 0.717) is 22.8 Å². The van der Waals surface area contributed by atoms with Crippen LogP contribution in [-0.4, -0.2) is 47.2 Å². The molecule has 0 spiro atoms. The highest BCUT2D eigenvalue weighted by atomic mass is 19.1. The van der Waals surface area contributed by atoms with E-state index in [1.807, 2.05) is 12.1 Å². The van der Waals surface area contributed by atoms with Crippen molar-refractivity contribution in [2.45, 2.75) is 31.8 Å². The van der Waals surface area contributed by atoms with Gasteiger partial charge in [0.05, 0.1) is 17.3 Å². The topological polar surface area (TPSA) is 75.2 Å². The number of nitrogens with zero attached hydrogens (tertiary/aromatic N) is 4. The van der Waals surface area contributed by atoms with Gasteiger partial charge in [-0.3, -0.25) is 0 Å². The first-order chi connectivity index (χ1) is 14.8. The molecule has 2 aromatic heterocycles.